The Morgan fingerprint density at radius 2 is 1.90 bits per heavy atom. The second kappa shape index (κ2) is 6.77. The third kappa shape index (κ3) is 3.61. The number of nitrogens with one attached hydrogen (secondary N) is 1. The molecule has 4 nitrogen and oxygen atoms in total. The molecular weight excluding hydrogens is 272 g/mol. The maximum atomic E-state index is 11.8. The molecular formula is C15H14N2O2S. The Morgan fingerprint density at radius 3 is 2.55 bits per heavy atom. The Morgan fingerprint density at radius 1 is 1.20 bits per heavy atom. The Bertz CT molecular complexity index is 624. The fourth-order valence-electron chi connectivity index (χ4n) is 1.58. The number of nitrogens with zero attached hydrogens (tertiary/aromatic N) is 1. The number of hydrogen-bond acceptors (Lipinski definition) is 4. The van der Waals surface area contributed by atoms with Crippen molar-refractivity contribution >= 4 is 23.9 Å². The number of carbonyl (C=O) groups is 1. The minimum atomic E-state index is -0.444. The van der Waals surface area contributed by atoms with E-state index in [2.05, 4.69) is 10.5 Å². The van der Waals surface area contributed by atoms with E-state index in [1.165, 1.54) is 17.0 Å². The zero-order chi connectivity index (χ0) is 14.4. The number of benzene rings is 2. The van der Waals surface area contributed by atoms with E-state index in [0.29, 0.717) is 0 Å². The second-order valence-electron chi connectivity index (χ2n) is 3.99. The molecule has 0 saturated carbocycles. The van der Waals surface area contributed by atoms with Gasteiger partial charge in [0.1, 0.15) is 5.75 Å². The van der Waals surface area contributed by atoms with Crippen molar-refractivity contribution in [2.45, 2.75) is 4.90 Å². The highest BCUT2D eigenvalue weighted by molar-refractivity contribution is 7.98. The molecule has 0 atom stereocenters. The van der Waals surface area contributed by atoms with Crippen LogP contribution in [0.5, 0.6) is 5.75 Å². The standard InChI is InChI=1S/C15H14N2O2S/c1-20-12-8-6-11(7-9-12)10-16-17-15(19)13-4-2-3-5-14(13)18/h2-10,18H,1H3,(H,17,19)/b16-10-. The van der Waals surface area contributed by atoms with Gasteiger partial charge in [-0.25, -0.2) is 5.43 Å². The summed E-state index contributed by atoms with van der Waals surface area (Å²) < 4.78 is 0. The molecule has 0 radical (unpaired) electrons. The first kappa shape index (κ1) is 14.1. The molecule has 0 aromatic heterocycles. The molecule has 0 spiro atoms. The molecule has 0 bridgehead atoms. The van der Waals surface area contributed by atoms with Crippen LogP contribution < -0.4 is 5.43 Å². The van der Waals surface area contributed by atoms with E-state index >= 15 is 0 Å². The van der Waals surface area contributed by atoms with Crippen molar-refractivity contribution < 1.29 is 9.90 Å². The molecule has 0 saturated heterocycles. The lowest BCUT2D eigenvalue weighted by atomic mass is 10.2. The van der Waals surface area contributed by atoms with Gasteiger partial charge in [0, 0.05) is 4.90 Å². The smallest absolute Gasteiger partial charge is 0.275 e. The van der Waals surface area contributed by atoms with Crippen molar-refractivity contribution in [1.82, 2.24) is 5.43 Å². The lowest BCUT2D eigenvalue weighted by molar-refractivity contribution is 0.0952. The number of phenols is 1. The summed E-state index contributed by atoms with van der Waals surface area (Å²) in [5, 5.41) is 13.4. The topological polar surface area (TPSA) is 61.7 Å². The molecule has 0 aliphatic rings. The molecule has 20 heavy (non-hydrogen) atoms. The molecule has 2 aromatic rings. The van der Waals surface area contributed by atoms with Gasteiger partial charge in [0.2, 0.25) is 0 Å². The number of rotatable bonds is 4. The monoisotopic (exact) mass is 286 g/mol. The number of phenolic OH excluding ortho intramolecular Hbond substituents is 1. The zero-order valence-electron chi connectivity index (χ0n) is 10.9. The predicted octanol–water partition coefficient (Wildman–Crippen LogP) is 2.88. The molecule has 1 amide bonds. The van der Waals surface area contributed by atoms with E-state index in [9.17, 15) is 9.90 Å². The third-order valence-corrected chi connectivity index (χ3v) is 3.39. The SMILES string of the molecule is CSc1ccc(/C=N\NC(=O)c2ccccc2O)cc1. The molecule has 0 aliphatic heterocycles. The van der Waals surface area contributed by atoms with Crippen LogP contribution in [0.25, 0.3) is 0 Å². The number of hydrogen-bond donors (Lipinski definition) is 2. The van der Waals surface area contributed by atoms with E-state index < -0.39 is 5.91 Å². The molecule has 2 aromatic carbocycles. The molecule has 2 N–H and O–H groups in total. The van der Waals surface area contributed by atoms with Gasteiger partial charge in [0.15, 0.2) is 0 Å². The first-order chi connectivity index (χ1) is 9.70. The van der Waals surface area contributed by atoms with E-state index in [1.807, 2.05) is 30.5 Å². The van der Waals surface area contributed by atoms with Crippen LogP contribution in [0.1, 0.15) is 15.9 Å². The van der Waals surface area contributed by atoms with Crippen LogP contribution in [0.3, 0.4) is 0 Å². The van der Waals surface area contributed by atoms with Crippen molar-refractivity contribution in [3.8, 4) is 5.75 Å². The van der Waals surface area contributed by atoms with Gasteiger partial charge in [0.25, 0.3) is 5.91 Å². The van der Waals surface area contributed by atoms with Crippen LogP contribution in [-0.2, 0) is 0 Å². The summed E-state index contributed by atoms with van der Waals surface area (Å²) in [5.74, 6) is -0.510. The van der Waals surface area contributed by atoms with Gasteiger partial charge in [-0.3, -0.25) is 4.79 Å². The fourth-order valence-corrected chi connectivity index (χ4v) is 1.99. The predicted molar refractivity (Wildman–Crippen MR) is 81.4 cm³/mol. The summed E-state index contributed by atoms with van der Waals surface area (Å²) >= 11 is 1.66. The van der Waals surface area contributed by atoms with E-state index in [0.717, 1.165) is 5.56 Å². The highest BCUT2D eigenvalue weighted by atomic mass is 32.2. The van der Waals surface area contributed by atoms with Crippen molar-refractivity contribution in [1.29, 1.82) is 0 Å². The van der Waals surface area contributed by atoms with Crippen LogP contribution in [0, 0.1) is 0 Å². The first-order valence-electron chi connectivity index (χ1n) is 5.96. The van der Waals surface area contributed by atoms with Crippen molar-refractivity contribution in [3.05, 3.63) is 59.7 Å². The third-order valence-electron chi connectivity index (χ3n) is 2.64. The Kier molecular flexibility index (Phi) is 4.79. The average Bonchev–Trinajstić information content (AvgIpc) is 2.48. The normalized spacial score (nSPS) is 10.7. The second-order valence-corrected chi connectivity index (χ2v) is 4.87. The Labute approximate surface area is 121 Å². The summed E-state index contributed by atoms with van der Waals surface area (Å²) in [6, 6.07) is 14.1. The molecule has 5 heteroatoms. The van der Waals surface area contributed by atoms with Crippen molar-refractivity contribution in [3.63, 3.8) is 0 Å². The van der Waals surface area contributed by atoms with Gasteiger partial charge in [-0.1, -0.05) is 24.3 Å². The van der Waals surface area contributed by atoms with E-state index in [1.54, 1.807) is 30.1 Å². The van der Waals surface area contributed by atoms with Crippen LogP contribution in [0.4, 0.5) is 0 Å². The fraction of sp³-hybridized carbons (Fsp3) is 0.0667. The van der Waals surface area contributed by atoms with Crippen molar-refractivity contribution in [2.24, 2.45) is 5.10 Å². The van der Waals surface area contributed by atoms with Gasteiger partial charge in [-0.2, -0.15) is 5.10 Å². The highest BCUT2D eigenvalue weighted by Crippen LogP contribution is 2.15. The number of aromatic hydroxyl groups is 1. The van der Waals surface area contributed by atoms with Gasteiger partial charge < -0.3 is 5.11 Å². The van der Waals surface area contributed by atoms with Gasteiger partial charge >= 0.3 is 0 Å². The number of carbonyl (C=O) groups excluding carboxylic acids is 1. The van der Waals surface area contributed by atoms with Gasteiger partial charge in [-0.15, -0.1) is 11.8 Å². The first-order valence-corrected chi connectivity index (χ1v) is 7.18. The number of amides is 1. The van der Waals surface area contributed by atoms with Crippen molar-refractivity contribution in [2.75, 3.05) is 6.26 Å². The van der Waals surface area contributed by atoms with Gasteiger partial charge in [-0.05, 0) is 36.1 Å². The quantitative estimate of drug-likeness (QED) is 0.516. The minimum absolute atomic E-state index is 0.0653. The lowest BCUT2D eigenvalue weighted by Crippen LogP contribution is -2.17. The van der Waals surface area contributed by atoms with E-state index in [-0.39, 0.29) is 11.3 Å². The zero-order valence-corrected chi connectivity index (χ0v) is 11.7. The van der Waals surface area contributed by atoms with Crippen LogP contribution in [-0.4, -0.2) is 23.5 Å². The molecule has 0 heterocycles. The Hall–Kier alpha value is -2.27. The summed E-state index contributed by atoms with van der Waals surface area (Å²) in [6.45, 7) is 0. The average molecular weight is 286 g/mol. The number of thioether (sulfide) groups is 1. The minimum Gasteiger partial charge on any atom is -0.507 e. The van der Waals surface area contributed by atoms with Crippen LogP contribution in [0.15, 0.2) is 58.5 Å². The maximum Gasteiger partial charge on any atom is 0.275 e. The molecule has 0 aliphatic carbocycles. The summed E-state index contributed by atoms with van der Waals surface area (Å²) in [6.07, 6.45) is 3.57. The Balaban J connectivity index is 1.99. The molecule has 0 fully saturated rings. The summed E-state index contributed by atoms with van der Waals surface area (Å²) in [5.41, 5.74) is 3.47. The van der Waals surface area contributed by atoms with Crippen LogP contribution in [0.2, 0.25) is 0 Å². The maximum absolute atomic E-state index is 11.8. The van der Waals surface area contributed by atoms with E-state index in [4.69, 9.17) is 0 Å². The molecule has 0 unspecified atom stereocenters. The van der Waals surface area contributed by atoms with Gasteiger partial charge in [0.05, 0.1) is 11.8 Å². The molecule has 2 rings (SSSR count). The van der Waals surface area contributed by atoms with Crippen LogP contribution >= 0.6 is 11.8 Å². The summed E-state index contributed by atoms with van der Waals surface area (Å²) in [7, 11) is 0. The summed E-state index contributed by atoms with van der Waals surface area (Å²) in [4.78, 5) is 12.9. The highest BCUT2D eigenvalue weighted by Gasteiger charge is 2.08. The molecule has 102 valence electrons. The lowest BCUT2D eigenvalue weighted by Gasteiger charge is -2.02. The largest absolute Gasteiger partial charge is 0.507 e. The number of para-hydroxylation sites is 1. The number of hydrazone groups is 1.